The van der Waals surface area contributed by atoms with Crippen molar-refractivity contribution in [1.29, 1.82) is 0 Å². The maximum absolute atomic E-state index is 11.1. The van der Waals surface area contributed by atoms with E-state index in [2.05, 4.69) is 15.0 Å². The van der Waals surface area contributed by atoms with E-state index in [0.717, 1.165) is 31.8 Å². The molecule has 17 heavy (non-hydrogen) atoms. The van der Waals surface area contributed by atoms with Crippen LogP contribution in [0.25, 0.3) is 0 Å². The fraction of sp³-hybridized carbons (Fsp3) is 0.917. The normalized spacial score (nSPS) is 21.9. The third-order valence-corrected chi connectivity index (χ3v) is 3.56. The van der Waals surface area contributed by atoms with E-state index in [1.807, 2.05) is 0 Å². The molecular weight excluding hydrogens is 240 g/mol. The Labute approximate surface area is 109 Å². The highest BCUT2D eigenvalue weighted by atomic mass is 35.5. The van der Waals surface area contributed by atoms with E-state index in [1.54, 1.807) is 0 Å². The van der Waals surface area contributed by atoms with Gasteiger partial charge in [0, 0.05) is 19.1 Å². The summed E-state index contributed by atoms with van der Waals surface area (Å²) in [6.07, 6.45) is 5.13. The van der Waals surface area contributed by atoms with Crippen LogP contribution in [-0.4, -0.2) is 50.2 Å². The van der Waals surface area contributed by atoms with Gasteiger partial charge in [0.15, 0.2) is 0 Å². The van der Waals surface area contributed by atoms with Gasteiger partial charge in [0.05, 0.1) is 13.7 Å². The molecule has 1 aliphatic heterocycles. The Morgan fingerprint density at radius 1 is 1.29 bits per heavy atom. The van der Waals surface area contributed by atoms with E-state index < -0.39 is 0 Å². The molecule has 1 saturated heterocycles. The quantitative estimate of drug-likeness (QED) is 0.752. The number of esters is 1. The Morgan fingerprint density at radius 3 is 2.47 bits per heavy atom. The van der Waals surface area contributed by atoms with Gasteiger partial charge in [-0.25, -0.2) is 0 Å². The highest BCUT2D eigenvalue weighted by Gasteiger charge is 2.24. The molecule has 0 unspecified atom stereocenters. The maximum Gasteiger partial charge on any atom is 0.319 e. The molecule has 0 aromatic heterocycles. The lowest BCUT2D eigenvalue weighted by Gasteiger charge is -2.31. The molecule has 1 saturated carbocycles. The summed E-state index contributed by atoms with van der Waals surface area (Å²) in [5.41, 5.74) is 0. The van der Waals surface area contributed by atoms with Crippen molar-refractivity contribution in [2.45, 2.75) is 31.7 Å². The molecule has 100 valence electrons. The zero-order valence-corrected chi connectivity index (χ0v) is 11.3. The first-order chi connectivity index (χ1) is 7.78. The second-order valence-corrected chi connectivity index (χ2v) is 4.98. The number of nitrogens with one attached hydrogen (secondary N) is 1. The molecule has 1 heterocycles. The summed E-state index contributed by atoms with van der Waals surface area (Å²) in [5, 5.41) is 3.63. The number of methoxy groups -OCH3 is 1. The second kappa shape index (κ2) is 7.19. The van der Waals surface area contributed by atoms with Gasteiger partial charge in [0.25, 0.3) is 0 Å². The highest BCUT2D eigenvalue weighted by molar-refractivity contribution is 5.85. The fourth-order valence-electron chi connectivity index (χ4n) is 2.20. The minimum absolute atomic E-state index is 0. The fourth-order valence-corrected chi connectivity index (χ4v) is 2.20. The predicted octanol–water partition coefficient (Wildman–Crippen LogP) is 1.05. The second-order valence-electron chi connectivity index (χ2n) is 4.98. The molecule has 2 aliphatic rings. The van der Waals surface area contributed by atoms with E-state index >= 15 is 0 Å². The van der Waals surface area contributed by atoms with Crippen LogP contribution in [0.3, 0.4) is 0 Å². The molecule has 2 rings (SSSR count). The van der Waals surface area contributed by atoms with E-state index in [0.29, 0.717) is 12.6 Å². The van der Waals surface area contributed by atoms with Gasteiger partial charge < -0.3 is 10.1 Å². The molecule has 0 atom stereocenters. The minimum Gasteiger partial charge on any atom is -0.468 e. The Morgan fingerprint density at radius 2 is 1.94 bits per heavy atom. The lowest BCUT2D eigenvalue weighted by molar-refractivity contribution is -0.142. The first kappa shape index (κ1) is 14.7. The van der Waals surface area contributed by atoms with Crippen molar-refractivity contribution in [2.75, 3.05) is 33.3 Å². The molecule has 2 fully saturated rings. The molecule has 0 aromatic carbocycles. The highest BCUT2D eigenvalue weighted by Crippen LogP contribution is 2.28. The molecular formula is C12H23ClN2O2. The van der Waals surface area contributed by atoms with E-state index in [1.165, 1.54) is 26.5 Å². The average molecular weight is 263 g/mol. The topological polar surface area (TPSA) is 41.6 Å². The third-order valence-electron chi connectivity index (χ3n) is 3.56. The van der Waals surface area contributed by atoms with Gasteiger partial charge >= 0.3 is 5.97 Å². The lowest BCUT2D eigenvalue weighted by Crippen LogP contribution is -2.44. The predicted molar refractivity (Wildman–Crippen MR) is 69.5 cm³/mol. The molecule has 5 heteroatoms. The van der Waals surface area contributed by atoms with Crippen LogP contribution in [0.4, 0.5) is 0 Å². The van der Waals surface area contributed by atoms with Gasteiger partial charge in [-0.05, 0) is 38.1 Å². The van der Waals surface area contributed by atoms with Crippen LogP contribution in [0.2, 0.25) is 0 Å². The maximum atomic E-state index is 11.1. The standard InChI is InChI=1S/C12H22N2O2.ClH/c1-16-12(15)9-14-6-4-11(5-7-14)13-8-10-2-3-10;/h10-11,13H,2-9H2,1H3;1H. The summed E-state index contributed by atoms with van der Waals surface area (Å²) >= 11 is 0. The van der Waals surface area contributed by atoms with Crippen molar-refractivity contribution in [2.24, 2.45) is 5.92 Å². The summed E-state index contributed by atoms with van der Waals surface area (Å²) < 4.78 is 4.67. The summed E-state index contributed by atoms with van der Waals surface area (Å²) in [7, 11) is 1.45. The summed E-state index contributed by atoms with van der Waals surface area (Å²) in [6.45, 7) is 3.67. The van der Waals surface area contributed by atoms with Crippen LogP contribution in [0.5, 0.6) is 0 Å². The van der Waals surface area contributed by atoms with Crippen LogP contribution < -0.4 is 5.32 Å². The number of carbonyl (C=O) groups excluding carboxylic acids is 1. The molecule has 1 aliphatic carbocycles. The smallest absolute Gasteiger partial charge is 0.319 e. The number of hydrogen-bond acceptors (Lipinski definition) is 4. The Bertz CT molecular complexity index is 239. The Kier molecular flexibility index (Phi) is 6.23. The number of carbonyl (C=O) groups is 1. The molecule has 0 spiro atoms. The van der Waals surface area contributed by atoms with Crippen LogP contribution in [-0.2, 0) is 9.53 Å². The van der Waals surface area contributed by atoms with Crippen molar-refractivity contribution in [1.82, 2.24) is 10.2 Å². The molecule has 4 nitrogen and oxygen atoms in total. The van der Waals surface area contributed by atoms with Crippen LogP contribution in [0.1, 0.15) is 25.7 Å². The summed E-state index contributed by atoms with van der Waals surface area (Å²) in [5.74, 6) is 0.831. The molecule has 0 amide bonds. The zero-order valence-electron chi connectivity index (χ0n) is 10.5. The SMILES string of the molecule is COC(=O)CN1CCC(NCC2CC2)CC1.Cl. The largest absolute Gasteiger partial charge is 0.468 e. The number of rotatable bonds is 5. The first-order valence-electron chi connectivity index (χ1n) is 6.30. The van der Waals surface area contributed by atoms with Crippen molar-refractivity contribution >= 4 is 18.4 Å². The molecule has 1 N–H and O–H groups in total. The van der Waals surface area contributed by atoms with E-state index in [-0.39, 0.29) is 18.4 Å². The summed E-state index contributed by atoms with van der Waals surface area (Å²) in [6, 6.07) is 0.662. The van der Waals surface area contributed by atoms with Crippen LogP contribution >= 0.6 is 12.4 Å². The monoisotopic (exact) mass is 262 g/mol. The van der Waals surface area contributed by atoms with Gasteiger partial charge in [-0.3, -0.25) is 9.69 Å². The molecule has 0 radical (unpaired) electrons. The molecule has 0 bridgehead atoms. The zero-order chi connectivity index (χ0) is 11.4. The lowest BCUT2D eigenvalue weighted by atomic mass is 10.0. The average Bonchev–Trinajstić information content (AvgIpc) is 3.12. The first-order valence-corrected chi connectivity index (χ1v) is 6.30. The number of piperidine rings is 1. The van der Waals surface area contributed by atoms with Crippen molar-refractivity contribution in [3.8, 4) is 0 Å². The Balaban J connectivity index is 0.00000144. The van der Waals surface area contributed by atoms with Gasteiger partial charge in [-0.1, -0.05) is 0 Å². The van der Waals surface area contributed by atoms with E-state index in [4.69, 9.17) is 0 Å². The van der Waals surface area contributed by atoms with Gasteiger partial charge in [-0.15, -0.1) is 12.4 Å². The number of hydrogen-bond donors (Lipinski definition) is 1. The van der Waals surface area contributed by atoms with Crippen molar-refractivity contribution < 1.29 is 9.53 Å². The van der Waals surface area contributed by atoms with Gasteiger partial charge in [0.1, 0.15) is 0 Å². The van der Waals surface area contributed by atoms with Crippen LogP contribution in [0, 0.1) is 5.92 Å². The third kappa shape index (κ3) is 5.23. The van der Waals surface area contributed by atoms with Crippen molar-refractivity contribution in [3.63, 3.8) is 0 Å². The number of nitrogens with zero attached hydrogens (tertiary/aromatic N) is 1. The number of halogens is 1. The van der Waals surface area contributed by atoms with Crippen molar-refractivity contribution in [3.05, 3.63) is 0 Å². The van der Waals surface area contributed by atoms with Gasteiger partial charge in [-0.2, -0.15) is 0 Å². The van der Waals surface area contributed by atoms with Gasteiger partial charge in [0.2, 0.25) is 0 Å². The number of likely N-dealkylation sites (tertiary alicyclic amines) is 1. The molecule has 0 aromatic rings. The Hall–Kier alpha value is -0.320. The number of ether oxygens (including phenoxy) is 1. The van der Waals surface area contributed by atoms with E-state index in [9.17, 15) is 4.79 Å². The summed E-state index contributed by atoms with van der Waals surface area (Å²) in [4.78, 5) is 13.3. The minimum atomic E-state index is -0.121. The van der Waals surface area contributed by atoms with Crippen LogP contribution in [0.15, 0.2) is 0 Å².